The Morgan fingerprint density at radius 3 is 2.76 bits per heavy atom. The summed E-state index contributed by atoms with van der Waals surface area (Å²) in [5, 5.41) is 14.5. The molecule has 0 spiro atoms. The lowest BCUT2D eigenvalue weighted by atomic mass is 9.53. The molecule has 2 nitrogen and oxygen atoms in total. The molecule has 4 rings (SSSR count). The smallest absolute Gasteiger partial charge is 0.138 e. The van der Waals surface area contributed by atoms with E-state index in [1.807, 2.05) is 18.2 Å². The summed E-state index contributed by atoms with van der Waals surface area (Å²) in [5.74, 6) is 6.69. The lowest BCUT2D eigenvalue weighted by Crippen LogP contribution is -2.57. The van der Waals surface area contributed by atoms with E-state index in [1.54, 1.807) is 12.1 Å². The minimum atomic E-state index is -0.286. The number of aliphatic hydroxyl groups excluding tert-OH is 1. The molecular formula is C31H38FNO. The Morgan fingerprint density at radius 1 is 1.15 bits per heavy atom. The molecule has 0 saturated heterocycles. The van der Waals surface area contributed by atoms with Gasteiger partial charge in [0.15, 0.2) is 0 Å². The highest BCUT2D eigenvalue weighted by Crippen LogP contribution is 2.54. The second-order valence-electron chi connectivity index (χ2n) is 10.4. The summed E-state index contributed by atoms with van der Waals surface area (Å²) in [6.45, 7) is 7.93. The Bertz CT molecular complexity index is 1080. The van der Waals surface area contributed by atoms with Gasteiger partial charge in [-0.05, 0) is 85.7 Å². The summed E-state index contributed by atoms with van der Waals surface area (Å²) >= 11 is 0. The molecule has 2 saturated carbocycles. The zero-order valence-corrected chi connectivity index (χ0v) is 20.8. The molecule has 2 aromatic carbocycles. The number of aliphatic hydroxyl groups is 1. The third-order valence-corrected chi connectivity index (χ3v) is 8.17. The van der Waals surface area contributed by atoms with Crippen molar-refractivity contribution in [2.45, 2.75) is 71.4 Å². The molecule has 3 heteroatoms. The summed E-state index contributed by atoms with van der Waals surface area (Å²) in [4.78, 5) is 0. The number of hydrogen-bond donors (Lipinski definition) is 2. The molecule has 5 atom stereocenters. The summed E-state index contributed by atoms with van der Waals surface area (Å²) < 4.78 is 13.9. The van der Waals surface area contributed by atoms with Crippen LogP contribution < -0.4 is 5.32 Å². The van der Waals surface area contributed by atoms with Crippen LogP contribution in [0.1, 0.15) is 76.0 Å². The predicted octanol–water partition coefficient (Wildman–Crippen LogP) is 6.57. The maximum absolute atomic E-state index is 13.9. The maximum atomic E-state index is 13.9. The molecule has 2 aromatic rings. The third kappa shape index (κ3) is 5.29. The normalized spacial score (nSPS) is 29.9. The molecule has 180 valence electrons. The number of hydrogen-bond acceptors (Lipinski definition) is 2. The Morgan fingerprint density at radius 2 is 1.97 bits per heavy atom. The maximum Gasteiger partial charge on any atom is 0.138 e. The van der Waals surface area contributed by atoms with E-state index in [1.165, 1.54) is 24.5 Å². The second kappa shape index (κ2) is 10.9. The Kier molecular flexibility index (Phi) is 7.91. The predicted molar refractivity (Wildman–Crippen MR) is 139 cm³/mol. The topological polar surface area (TPSA) is 32.3 Å². The van der Waals surface area contributed by atoms with Gasteiger partial charge < -0.3 is 10.4 Å². The van der Waals surface area contributed by atoms with Gasteiger partial charge in [0, 0.05) is 11.6 Å². The van der Waals surface area contributed by atoms with Crippen LogP contribution in [0.5, 0.6) is 0 Å². The first-order chi connectivity index (χ1) is 16.4. The van der Waals surface area contributed by atoms with Gasteiger partial charge in [-0.1, -0.05) is 74.9 Å². The average molecular weight is 460 g/mol. The number of nitrogens with one attached hydrogen (secondary N) is 1. The zero-order valence-electron chi connectivity index (χ0n) is 20.8. The van der Waals surface area contributed by atoms with Crippen LogP contribution in [0.3, 0.4) is 0 Å². The third-order valence-electron chi connectivity index (χ3n) is 8.17. The average Bonchev–Trinajstić information content (AvgIpc) is 2.83. The Hall–Kier alpha value is -2.41. The highest BCUT2D eigenvalue weighted by Gasteiger charge is 2.51. The number of rotatable bonds is 5. The van der Waals surface area contributed by atoms with Crippen LogP contribution in [0.15, 0.2) is 54.1 Å². The van der Waals surface area contributed by atoms with Gasteiger partial charge in [0.25, 0.3) is 0 Å². The molecule has 0 radical (unpaired) electrons. The minimum Gasteiger partial charge on any atom is -0.393 e. The van der Waals surface area contributed by atoms with E-state index in [2.05, 4.69) is 56.1 Å². The van der Waals surface area contributed by atoms with Crippen LogP contribution in [0, 0.1) is 34.9 Å². The molecule has 2 aliphatic rings. The van der Waals surface area contributed by atoms with Gasteiger partial charge in [-0.15, -0.1) is 0 Å². The first-order valence-corrected chi connectivity index (χ1v) is 12.9. The van der Waals surface area contributed by atoms with Crippen molar-refractivity contribution in [3.63, 3.8) is 0 Å². The number of benzene rings is 2. The van der Waals surface area contributed by atoms with E-state index >= 15 is 0 Å². The highest BCUT2D eigenvalue weighted by atomic mass is 19.1. The molecule has 0 aliphatic heterocycles. The number of unbranched alkanes of at least 4 members (excludes halogenated alkanes) is 1. The van der Waals surface area contributed by atoms with E-state index in [9.17, 15) is 9.50 Å². The van der Waals surface area contributed by atoms with Crippen molar-refractivity contribution in [2.75, 3.05) is 6.54 Å². The van der Waals surface area contributed by atoms with Crippen LogP contribution >= 0.6 is 0 Å². The van der Waals surface area contributed by atoms with Gasteiger partial charge in [0.1, 0.15) is 5.82 Å². The van der Waals surface area contributed by atoms with E-state index in [4.69, 9.17) is 0 Å². The van der Waals surface area contributed by atoms with Gasteiger partial charge in [0.2, 0.25) is 0 Å². The molecule has 2 fully saturated rings. The fraction of sp³-hybridized carbons (Fsp3) is 0.484. The Balaban J connectivity index is 1.62. The van der Waals surface area contributed by atoms with Crippen LogP contribution in [0.2, 0.25) is 0 Å². The lowest BCUT2D eigenvalue weighted by Gasteiger charge is -2.55. The zero-order chi connectivity index (χ0) is 24.1. The highest BCUT2D eigenvalue weighted by molar-refractivity contribution is 5.58. The first kappa shape index (κ1) is 24.7. The van der Waals surface area contributed by atoms with Crippen molar-refractivity contribution in [3.05, 3.63) is 76.6 Å². The standard InChI is InChI=1S/C31H38FNO/c1-4-5-19-33-30-26(15-16-27-22(2)29(34)17-18-31(27,30)3)21-24-10-8-9-23(20-24)13-14-25-11-6-7-12-28(25)32/h6-12,20-22,27,29-30,33-34H,4-5,15-19H2,1-3H3/b26-21+/t22?,27?,29?,30?,31-/m0/s1. The van der Waals surface area contributed by atoms with Crippen LogP contribution in [-0.2, 0) is 0 Å². The van der Waals surface area contributed by atoms with Crippen molar-refractivity contribution in [3.8, 4) is 11.8 Å². The van der Waals surface area contributed by atoms with E-state index in [0.717, 1.165) is 43.4 Å². The molecule has 2 N–H and O–H groups in total. The number of fused-ring (bicyclic) bond motifs is 1. The molecule has 0 bridgehead atoms. The van der Waals surface area contributed by atoms with Gasteiger partial charge in [-0.3, -0.25) is 0 Å². The van der Waals surface area contributed by atoms with Crippen LogP contribution in [0.25, 0.3) is 6.08 Å². The van der Waals surface area contributed by atoms with Crippen molar-refractivity contribution in [2.24, 2.45) is 17.3 Å². The summed E-state index contributed by atoms with van der Waals surface area (Å²) in [6.07, 6.45) is 8.62. The van der Waals surface area contributed by atoms with Crippen LogP contribution in [-0.4, -0.2) is 23.8 Å². The van der Waals surface area contributed by atoms with E-state index in [-0.39, 0.29) is 17.3 Å². The SMILES string of the molecule is CCCCNC1/C(=C/c2cccc(C#Cc3ccccc3F)c2)CCC2C(C)C(O)CC[C@]12C. The van der Waals surface area contributed by atoms with Gasteiger partial charge in [-0.25, -0.2) is 4.39 Å². The summed E-state index contributed by atoms with van der Waals surface area (Å²) in [6, 6.07) is 15.2. The molecule has 34 heavy (non-hydrogen) atoms. The summed E-state index contributed by atoms with van der Waals surface area (Å²) in [7, 11) is 0. The number of halogens is 1. The molecular weight excluding hydrogens is 421 g/mol. The van der Waals surface area contributed by atoms with Crippen LogP contribution in [0.4, 0.5) is 4.39 Å². The first-order valence-electron chi connectivity index (χ1n) is 12.9. The largest absolute Gasteiger partial charge is 0.393 e. The molecule has 4 unspecified atom stereocenters. The van der Waals surface area contributed by atoms with E-state index in [0.29, 0.717) is 23.4 Å². The Labute approximate surface area is 204 Å². The molecule has 0 heterocycles. The van der Waals surface area contributed by atoms with Gasteiger partial charge >= 0.3 is 0 Å². The van der Waals surface area contributed by atoms with Crippen molar-refractivity contribution < 1.29 is 9.50 Å². The molecule has 2 aliphatic carbocycles. The fourth-order valence-electron chi connectivity index (χ4n) is 6.18. The van der Waals surface area contributed by atoms with Crippen molar-refractivity contribution >= 4 is 6.08 Å². The van der Waals surface area contributed by atoms with Crippen molar-refractivity contribution in [1.29, 1.82) is 0 Å². The lowest BCUT2D eigenvalue weighted by molar-refractivity contribution is -0.0587. The second-order valence-corrected chi connectivity index (χ2v) is 10.4. The van der Waals surface area contributed by atoms with Crippen molar-refractivity contribution in [1.82, 2.24) is 5.32 Å². The summed E-state index contributed by atoms with van der Waals surface area (Å²) in [5.41, 5.74) is 4.06. The van der Waals surface area contributed by atoms with E-state index < -0.39 is 0 Å². The molecule has 0 amide bonds. The monoisotopic (exact) mass is 459 g/mol. The molecule has 0 aromatic heterocycles. The quantitative estimate of drug-likeness (QED) is 0.391. The minimum absolute atomic E-state index is 0.152. The van der Waals surface area contributed by atoms with Gasteiger partial charge in [-0.2, -0.15) is 0 Å². The van der Waals surface area contributed by atoms with Gasteiger partial charge in [0.05, 0.1) is 11.7 Å². The fourth-order valence-corrected chi connectivity index (χ4v) is 6.18.